The molecule has 0 spiro atoms. The van der Waals surface area contributed by atoms with Crippen molar-refractivity contribution in [2.75, 3.05) is 11.4 Å². The summed E-state index contributed by atoms with van der Waals surface area (Å²) in [5.74, 6) is 0.533. The van der Waals surface area contributed by atoms with Crippen LogP contribution >= 0.6 is 22.7 Å². The highest BCUT2D eigenvalue weighted by molar-refractivity contribution is 7.17. The molecule has 2 aromatic rings. The molecule has 0 radical (unpaired) electrons. The Morgan fingerprint density at radius 1 is 1.53 bits per heavy atom. The summed E-state index contributed by atoms with van der Waals surface area (Å²) in [6.07, 6.45) is 3.33. The van der Waals surface area contributed by atoms with Gasteiger partial charge in [-0.3, -0.25) is 4.79 Å². The lowest BCUT2D eigenvalue weighted by Gasteiger charge is -2.18. The van der Waals surface area contributed by atoms with Crippen LogP contribution in [-0.2, 0) is 6.54 Å². The summed E-state index contributed by atoms with van der Waals surface area (Å²) in [4.78, 5) is 20.3. The van der Waals surface area contributed by atoms with E-state index < -0.39 is 0 Å². The van der Waals surface area contributed by atoms with Crippen molar-refractivity contribution in [3.63, 3.8) is 0 Å². The molecule has 0 unspecified atom stereocenters. The Hall–Kier alpha value is -1.20. The van der Waals surface area contributed by atoms with E-state index in [0.717, 1.165) is 35.1 Å². The van der Waals surface area contributed by atoms with Gasteiger partial charge in [-0.2, -0.15) is 0 Å². The first-order valence-electron chi connectivity index (χ1n) is 6.55. The number of rotatable bonds is 6. The number of aldehydes is 1. The SMILES string of the molecule is CCN(Cc1cccs1)c1nc(C2CC2)c(C=O)s1. The molecule has 19 heavy (non-hydrogen) atoms. The van der Waals surface area contributed by atoms with Gasteiger partial charge in [-0.05, 0) is 31.2 Å². The molecule has 3 rings (SSSR count). The molecule has 0 N–H and O–H groups in total. The second-order valence-electron chi connectivity index (χ2n) is 4.73. The monoisotopic (exact) mass is 292 g/mol. The summed E-state index contributed by atoms with van der Waals surface area (Å²) < 4.78 is 0. The fourth-order valence-electron chi connectivity index (χ4n) is 2.11. The van der Waals surface area contributed by atoms with Gasteiger partial charge in [0, 0.05) is 17.3 Å². The van der Waals surface area contributed by atoms with Crippen LogP contribution in [0, 0.1) is 0 Å². The Morgan fingerprint density at radius 2 is 2.37 bits per heavy atom. The minimum absolute atomic E-state index is 0.533. The molecule has 0 aromatic carbocycles. The van der Waals surface area contributed by atoms with E-state index >= 15 is 0 Å². The van der Waals surface area contributed by atoms with Crippen LogP contribution < -0.4 is 4.90 Å². The number of carbonyl (C=O) groups is 1. The van der Waals surface area contributed by atoms with Gasteiger partial charge in [0.15, 0.2) is 11.4 Å². The van der Waals surface area contributed by atoms with Gasteiger partial charge in [0.05, 0.1) is 17.1 Å². The predicted octanol–water partition coefficient (Wildman–Crippen LogP) is 3.92. The van der Waals surface area contributed by atoms with Crippen LogP contribution in [0.3, 0.4) is 0 Å². The number of hydrogen-bond acceptors (Lipinski definition) is 5. The van der Waals surface area contributed by atoms with Crippen LogP contribution in [0.2, 0.25) is 0 Å². The molecule has 1 fully saturated rings. The van der Waals surface area contributed by atoms with Crippen molar-refractivity contribution in [3.8, 4) is 0 Å². The van der Waals surface area contributed by atoms with E-state index in [1.165, 1.54) is 29.1 Å². The normalized spacial score (nSPS) is 14.6. The highest BCUT2D eigenvalue weighted by atomic mass is 32.1. The zero-order valence-electron chi connectivity index (χ0n) is 10.8. The molecule has 1 saturated carbocycles. The molecule has 2 heterocycles. The maximum Gasteiger partial charge on any atom is 0.186 e. The van der Waals surface area contributed by atoms with Crippen molar-refractivity contribution < 1.29 is 4.79 Å². The van der Waals surface area contributed by atoms with Crippen molar-refractivity contribution >= 4 is 34.1 Å². The van der Waals surface area contributed by atoms with E-state index in [0.29, 0.717) is 5.92 Å². The van der Waals surface area contributed by atoms with E-state index in [-0.39, 0.29) is 0 Å². The summed E-state index contributed by atoms with van der Waals surface area (Å²) in [5, 5.41) is 3.08. The van der Waals surface area contributed by atoms with Gasteiger partial charge in [0.1, 0.15) is 0 Å². The third-order valence-corrected chi connectivity index (χ3v) is 5.24. The van der Waals surface area contributed by atoms with Crippen molar-refractivity contribution in [1.82, 2.24) is 4.98 Å². The van der Waals surface area contributed by atoms with Crippen LogP contribution in [0.15, 0.2) is 17.5 Å². The third kappa shape index (κ3) is 2.72. The largest absolute Gasteiger partial charge is 0.343 e. The van der Waals surface area contributed by atoms with Gasteiger partial charge in [-0.15, -0.1) is 11.3 Å². The smallest absolute Gasteiger partial charge is 0.186 e. The summed E-state index contributed by atoms with van der Waals surface area (Å²) in [6, 6.07) is 4.21. The van der Waals surface area contributed by atoms with E-state index in [2.05, 4.69) is 29.3 Å². The Kier molecular flexibility index (Phi) is 3.66. The van der Waals surface area contributed by atoms with Crippen molar-refractivity contribution in [2.24, 2.45) is 0 Å². The second-order valence-corrected chi connectivity index (χ2v) is 6.77. The van der Waals surface area contributed by atoms with Gasteiger partial charge in [0.2, 0.25) is 0 Å². The molecule has 3 nitrogen and oxygen atoms in total. The summed E-state index contributed by atoms with van der Waals surface area (Å²) in [6.45, 7) is 3.92. The molecule has 2 aromatic heterocycles. The molecule has 0 bridgehead atoms. The maximum atomic E-state index is 11.2. The fraction of sp³-hybridized carbons (Fsp3) is 0.429. The molecular weight excluding hydrogens is 276 g/mol. The fourth-order valence-corrected chi connectivity index (χ4v) is 3.85. The Balaban J connectivity index is 1.84. The van der Waals surface area contributed by atoms with Gasteiger partial charge >= 0.3 is 0 Å². The molecule has 1 aliphatic carbocycles. The molecule has 0 atom stereocenters. The van der Waals surface area contributed by atoms with E-state index in [1.54, 1.807) is 11.3 Å². The predicted molar refractivity (Wildman–Crippen MR) is 80.5 cm³/mol. The molecule has 100 valence electrons. The Labute approximate surface area is 120 Å². The topological polar surface area (TPSA) is 33.2 Å². The minimum atomic E-state index is 0.533. The zero-order chi connectivity index (χ0) is 13.2. The van der Waals surface area contributed by atoms with E-state index in [4.69, 9.17) is 4.98 Å². The average molecular weight is 292 g/mol. The Bertz CT molecular complexity index is 558. The molecule has 1 aliphatic rings. The van der Waals surface area contributed by atoms with E-state index in [9.17, 15) is 4.79 Å². The van der Waals surface area contributed by atoms with Crippen molar-refractivity contribution in [1.29, 1.82) is 0 Å². The number of thiophene rings is 1. The average Bonchev–Trinajstić information content (AvgIpc) is 2.99. The lowest BCUT2D eigenvalue weighted by molar-refractivity contribution is 0.112. The number of hydrogen-bond donors (Lipinski definition) is 0. The number of thiazole rings is 1. The second kappa shape index (κ2) is 5.43. The van der Waals surface area contributed by atoms with Gasteiger partial charge in [-0.1, -0.05) is 17.4 Å². The Morgan fingerprint density at radius 3 is 2.95 bits per heavy atom. The molecule has 0 amide bonds. The first kappa shape index (κ1) is 12.8. The quantitative estimate of drug-likeness (QED) is 0.757. The lowest BCUT2D eigenvalue weighted by Crippen LogP contribution is -2.21. The van der Waals surface area contributed by atoms with Crippen molar-refractivity contribution in [3.05, 3.63) is 33.0 Å². The van der Waals surface area contributed by atoms with Gasteiger partial charge in [0.25, 0.3) is 0 Å². The van der Waals surface area contributed by atoms with E-state index in [1.807, 2.05) is 0 Å². The molecular formula is C14H16N2OS2. The van der Waals surface area contributed by atoms with Crippen LogP contribution in [0.4, 0.5) is 5.13 Å². The first-order chi connectivity index (χ1) is 9.31. The molecule has 0 aliphatic heterocycles. The molecule has 0 saturated heterocycles. The van der Waals surface area contributed by atoms with Gasteiger partial charge < -0.3 is 4.90 Å². The number of aromatic nitrogens is 1. The summed E-state index contributed by atoms with van der Waals surface area (Å²) in [5.41, 5.74) is 1.03. The van der Waals surface area contributed by atoms with Crippen LogP contribution in [0.1, 0.15) is 45.9 Å². The van der Waals surface area contributed by atoms with Crippen LogP contribution in [-0.4, -0.2) is 17.8 Å². The summed E-state index contributed by atoms with van der Waals surface area (Å²) in [7, 11) is 0. The summed E-state index contributed by atoms with van der Waals surface area (Å²) >= 11 is 3.30. The minimum Gasteiger partial charge on any atom is -0.343 e. The maximum absolute atomic E-state index is 11.2. The van der Waals surface area contributed by atoms with Crippen LogP contribution in [0.25, 0.3) is 0 Å². The number of carbonyl (C=O) groups excluding carboxylic acids is 1. The first-order valence-corrected chi connectivity index (χ1v) is 8.24. The zero-order valence-corrected chi connectivity index (χ0v) is 12.5. The number of nitrogens with zero attached hydrogens (tertiary/aromatic N) is 2. The molecule has 5 heteroatoms. The lowest BCUT2D eigenvalue weighted by atomic mass is 10.3. The highest BCUT2D eigenvalue weighted by Gasteiger charge is 2.30. The van der Waals surface area contributed by atoms with Gasteiger partial charge in [-0.25, -0.2) is 4.98 Å². The number of anilines is 1. The van der Waals surface area contributed by atoms with Crippen molar-refractivity contribution in [2.45, 2.75) is 32.2 Å². The highest BCUT2D eigenvalue weighted by Crippen LogP contribution is 2.43. The third-order valence-electron chi connectivity index (χ3n) is 3.32. The standard InChI is InChI=1S/C14H16N2OS2/c1-2-16(8-11-4-3-7-18-11)14-15-13(10-5-6-10)12(9-17)19-14/h3-4,7,9-10H,2,5-6,8H2,1H3. The van der Waals surface area contributed by atoms with Crippen LogP contribution in [0.5, 0.6) is 0 Å².